The molecule has 0 fully saturated rings. The monoisotopic (exact) mass is 231 g/mol. The normalized spacial score (nSPS) is 14.2. The zero-order valence-electron chi connectivity index (χ0n) is 8.80. The van der Waals surface area contributed by atoms with E-state index in [1.54, 1.807) is 12.1 Å². The van der Waals surface area contributed by atoms with E-state index in [-0.39, 0.29) is 5.75 Å². The van der Waals surface area contributed by atoms with Gasteiger partial charge in [-0.25, -0.2) is 8.99 Å². The molecular formula is C13H13NOS. The molecule has 0 aliphatic carbocycles. The van der Waals surface area contributed by atoms with Crippen molar-refractivity contribution >= 4 is 9.73 Å². The second-order valence-corrected chi connectivity index (χ2v) is 5.73. The summed E-state index contributed by atoms with van der Waals surface area (Å²) in [6.07, 6.45) is 0. The largest absolute Gasteiger partial charge is 0.249 e. The SMILES string of the molecule is N=S(=O)(Cc1ccccc1)c1ccccc1. The standard InChI is InChI=1S/C13H13NOS/c14-16(15,13-9-5-2-6-10-13)11-12-7-3-1-4-8-12/h1-10,14H,11H2. The minimum atomic E-state index is -2.71. The first-order chi connectivity index (χ1) is 7.68. The third-order valence-electron chi connectivity index (χ3n) is 2.34. The van der Waals surface area contributed by atoms with E-state index < -0.39 is 9.73 Å². The van der Waals surface area contributed by atoms with E-state index in [0.29, 0.717) is 4.90 Å². The number of benzene rings is 2. The number of rotatable bonds is 3. The van der Waals surface area contributed by atoms with Crippen LogP contribution in [-0.4, -0.2) is 4.21 Å². The van der Waals surface area contributed by atoms with Crippen LogP contribution in [0.4, 0.5) is 0 Å². The number of hydrogen-bond donors (Lipinski definition) is 1. The lowest BCUT2D eigenvalue weighted by molar-refractivity contribution is 0.674. The molecule has 0 spiro atoms. The van der Waals surface area contributed by atoms with Crippen molar-refractivity contribution in [3.8, 4) is 0 Å². The molecule has 2 aromatic carbocycles. The van der Waals surface area contributed by atoms with Crippen LogP contribution in [0.2, 0.25) is 0 Å². The van der Waals surface area contributed by atoms with Crippen molar-refractivity contribution in [2.45, 2.75) is 10.6 Å². The molecule has 3 heteroatoms. The fourth-order valence-electron chi connectivity index (χ4n) is 1.53. The van der Waals surface area contributed by atoms with Gasteiger partial charge in [0.15, 0.2) is 0 Å². The van der Waals surface area contributed by atoms with Gasteiger partial charge in [-0.15, -0.1) is 0 Å². The van der Waals surface area contributed by atoms with Crippen molar-refractivity contribution in [3.63, 3.8) is 0 Å². The molecule has 1 unspecified atom stereocenters. The van der Waals surface area contributed by atoms with Crippen LogP contribution in [0.1, 0.15) is 5.56 Å². The molecule has 0 radical (unpaired) electrons. The topological polar surface area (TPSA) is 40.9 Å². The van der Waals surface area contributed by atoms with E-state index in [1.807, 2.05) is 48.5 Å². The maximum absolute atomic E-state index is 12.2. The summed E-state index contributed by atoms with van der Waals surface area (Å²) in [6.45, 7) is 0. The van der Waals surface area contributed by atoms with Crippen LogP contribution >= 0.6 is 0 Å². The Labute approximate surface area is 95.9 Å². The molecule has 16 heavy (non-hydrogen) atoms. The Bertz CT molecular complexity index is 547. The van der Waals surface area contributed by atoms with Crippen LogP contribution in [0.5, 0.6) is 0 Å². The van der Waals surface area contributed by atoms with Crippen molar-refractivity contribution in [2.24, 2.45) is 0 Å². The van der Waals surface area contributed by atoms with Crippen LogP contribution in [0, 0.1) is 4.78 Å². The highest BCUT2D eigenvalue weighted by molar-refractivity contribution is 7.91. The molecule has 82 valence electrons. The average Bonchev–Trinajstić information content (AvgIpc) is 2.31. The Kier molecular flexibility index (Phi) is 3.06. The first kappa shape index (κ1) is 10.9. The van der Waals surface area contributed by atoms with E-state index in [4.69, 9.17) is 4.78 Å². The predicted molar refractivity (Wildman–Crippen MR) is 65.7 cm³/mol. The number of hydrogen-bond acceptors (Lipinski definition) is 2. The molecule has 0 saturated heterocycles. The van der Waals surface area contributed by atoms with Gasteiger partial charge in [-0.1, -0.05) is 48.5 Å². The summed E-state index contributed by atoms with van der Waals surface area (Å²) < 4.78 is 20.2. The van der Waals surface area contributed by atoms with E-state index in [1.165, 1.54) is 0 Å². The van der Waals surface area contributed by atoms with Crippen molar-refractivity contribution in [3.05, 3.63) is 66.2 Å². The Morgan fingerprint density at radius 2 is 1.38 bits per heavy atom. The fourth-order valence-corrected chi connectivity index (χ4v) is 2.96. The predicted octanol–water partition coefficient (Wildman–Crippen LogP) is 3.29. The summed E-state index contributed by atoms with van der Waals surface area (Å²) in [4.78, 5) is 0.596. The average molecular weight is 231 g/mol. The maximum Gasteiger partial charge on any atom is 0.0768 e. The summed E-state index contributed by atoms with van der Waals surface area (Å²) >= 11 is 0. The van der Waals surface area contributed by atoms with Crippen LogP contribution in [0.3, 0.4) is 0 Å². The zero-order chi connectivity index (χ0) is 11.4. The van der Waals surface area contributed by atoms with Gasteiger partial charge in [0, 0.05) is 4.90 Å². The summed E-state index contributed by atoms with van der Waals surface area (Å²) in [5.41, 5.74) is 0.936. The van der Waals surface area contributed by atoms with Gasteiger partial charge in [-0.3, -0.25) is 0 Å². The van der Waals surface area contributed by atoms with Crippen molar-refractivity contribution in [1.82, 2.24) is 0 Å². The molecule has 0 bridgehead atoms. The Balaban J connectivity index is 2.29. The summed E-state index contributed by atoms with van der Waals surface area (Å²) in [5.74, 6) is 0.276. The van der Waals surface area contributed by atoms with Gasteiger partial charge in [0.2, 0.25) is 0 Å². The van der Waals surface area contributed by atoms with E-state index in [2.05, 4.69) is 0 Å². The lowest BCUT2D eigenvalue weighted by Gasteiger charge is -2.07. The molecule has 0 heterocycles. The lowest BCUT2D eigenvalue weighted by atomic mass is 10.2. The molecule has 1 atom stereocenters. The van der Waals surface area contributed by atoms with Crippen molar-refractivity contribution in [2.75, 3.05) is 0 Å². The summed E-state index contributed by atoms with van der Waals surface area (Å²) in [5, 5.41) is 0. The second-order valence-electron chi connectivity index (χ2n) is 3.62. The summed E-state index contributed by atoms with van der Waals surface area (Å²) in [7, 11) is -2.71. The Morgan fingerprint density at radius 3 is 1.94 bits per heavy atom. The third kappa shape index (κ3) is 2.49. The molecule has 2 rings (SSSR count). The van der Waals surface area contributed by atoms with Gasteiger partial charge in [-0.05, 0) is 17.7 Å². The third-order valence-corrected chi connectivity index (χ3v) is 4.11. The molecule has 0 aliphatic rings. The van der Waals surface area contributed by atoms with E-state index >= 15 is 0 Å². The highest BCUT2D eigenvalue weighted by Crippen LogP contribution is 2.16. The first-order valence-electron chi connectivity index (χ1n) is 5.04. The second kappa shape index (κ2) is 4.49. The van der Waals surface area contributed by atoms with Crippen molar-refractivity contribution in [1.29, 1.82) is 4.78 Å². The van der Waals surface area contributed by atoms with Crippen molar-refractivity contribution < 1.29 is 4.21 Å². The molecule has 2 aromatic rings. The highest BCUT2D eigenvalue weighted by atomic mass is 32.2. The van der Waals surface area contributed by atoms with Gasteiger partial charge in [0.25, 0.3) is 0 Å². The highest BCUT2D eigenvalue weighted by Gasteiger charge is 2.09. The molecule has 1 N–H and O–H groups in total. The van der Waals surface area contributed by atoms with Gasteiger partial charge in [-0.2, -0.15) is 0 Å². The molecule has 0 amide bonds. The quantitative estimate of drug-likeness (QED) is 0.865. The minimum Gasteiger partial charge on any atom is -0.249 e. The minimum absolute atomic E-state index is 0.276. The molecule has 2 nitrogen and oxygen atoms in total. The first-order valence-corrected chi connectivity index (χ1v) is 6.77. The van der Waals surface area contributed by atoms with Crippen LogP contribution < -0.4 is 0 Å². The Hall–Kier alpha value is -1.61. The maximum atomic E-state index is 12.2. The van der Waals surface area contributed by atoms with E-state index in [9.17, 15) is 4.21 Å². The van der Waals surface area contributed by atoms with Crippen LogP contribution in [-0.2, 0) is 15.5 Å². The lowest BCUT2D eigenvalue weighted by Crippen LogP contribution is -2.02. The molecule has 0 aliphatic heterocycles. The summed E-state index contributed by atoms with van der Waals surface area (Å²) in [6, 6.07) is 18.5. The Morgan fingerprint density at radius 1 is 0.875 bits per heavy atom. The van der Waals surface area contributed by atoms with Gasteiger partial charge < -0.3 is 0 Å². The molecule has 0 saturated carbocycles. The molecular weight excluding hydrogens is 218 g/mol. The fraction of sp³-hybridized carbons (Fsp3) is 0.0769. The van der Waals surface area contributed by atoms with Gasteiger partial charge in [0.1, 0.15) is 0 Å². The molecule has 0 aromatic heterocycles. The van der Waals surface area contributed by atoms with Crippen LogP contribution in [0.15, 0.2) is 65.6 Å². The van der Waals surface area contributed by atoms with Crippen LogP contribution in [0.25, 0.3) is 0 Å². The smallest absolute Gasteiger partial charge is 0.0768 e. The van der Waals surface area contributed by atoms with Gasteiger partial charge >= 0.3 is 0 Å². The van der Waals surface area contributed by atoms with Gasteiger partial charge in [0.05, 0.1) is 15.5 Å². The van der Waals surface area contributed by atoms with E-state index in [0.717, 1.165) is 5.56 Å². The zero-order valence-corrected chi connectivity index (χ0v) is 9.61. The number of nitrogens with one attached hydrogen (secondary N) is 1.